The third kappa shape index (κ3) is 1.24. The predicted octanol–water partition coefficient (Wildman–Crippen LogP) is 1.65. The predicted molar refractivity (Wildman–Crippen MR) is 47.1 cm³/mol. The molecule has 1 aliphatic rings. The Morgan fingerprint density at radius 1 is 1.27 bits per heavy atom. The lowest BCUT2D eigenvalue weighted by molar-refractivity contribution is 1.29. The van der Waals surface area contributed by atoms with E-state index in [1.165, 1.54) is 5.47 Å². The highest BCUT2D eigenvalue weighted by molar-refractivity contribution is 6.66. The van der Waals surface area contributed by atoms with Crippen molar-refractivity contribution in [1.82, 2.24) is 4.98 Å². The topological polar surface area (TPSA) is 12.9 Å². The van der Waals surface area contributed by atoms with E-state index in [4.69, 9.17) is 0 Å². The van der Waals surface area contributed by atoms with E-state index in [-0.39, 0.29) is 0 Å². The lowest BCUT2D eigenvalue weighted by atomic mass is 9.71. The maximum absolute atomic E-state index is 4.22. The number of aromatic nitrogens is 1. The van der Waals surface area contributed by atoms with Crippen LogP contribution in [0.5, 0.6) is 0 Å². The van der Waals surface area contributed by atoms with Gasteiger partial charge in [0.15, 0.2) is 7.28 Å². The number of hydrogen-bond acceptors (Lipinski definition) is 1. The molecule has 0 bridgehead atoms. The van der Waals surface area contributed by atoms with Crippen LogP contribution in [0.1, 0.15) is 5.69 Å². The summed E-state index contributed by atoms with van der Waals surface area (Å²) in [5, 5.41) is 0. The van der Waals surface area contributed by atoms with Gasteiger partial charge in [0, 0.05) is 6.20 Å². The normalized spacial score (nSPS) is 14.4. The minimum Gasteiger partial charge on any atom is -0.257 e. The fourth-order valence-electron chi connectivity index (χ4n) is 1.08. The van der Waals surface area contributed by atoms with Crippen molar-refractivity contribution in [1.29, 1.82) is 0 Å². The Balaban J connectivity index is 2.31. The van der Waals surface area contributed by atoms with Gasteiger partial charge in [0.1, 0.15) is 0 Å². The molecule has 0 saturated carbocycles. The highest BCUT2D eigenvalue weighted by atomic mass is 14.7. The van der Waals surface area contributed by atoms with Crippen molar-refractivity contribution in [3.63, 3.8) is 0 Å². The third-order valence-corrected chi connectivity index (χ3v) is 1.62. The first-order chi connectivity index (χ1) is 5.47. The second-order valence-corrected chi connectivity index (χ2v) is 2.39. The third-order valence-electron chi connectivity index (χ3n) is 1.62. The maximum Gasteiger partial charge on any atom is 0.184 e. The average molecular weight is 140 g/mol. The maximum atomic E-state index is 4.22. The molecule has 0 amide bonds. The Morgan fingerprint density at radius 3 is 2.91 bits per heavy atom. The Kier molecular flexibility index (Phi) is 1.60. The summed E-state index contributed by atoms with van der Waals surface area (Å²) in [6.45, 7) is 0. The molecule has 1 aromatic heterocycles. The van der Waals surface area contributed by atoms with E-state index in [1.807, 2.05) is 36.4 Å². The van der Waals surface area contributed by atoms with Crippen LogP contribution in [0.25, 0.3) is 5.47 Å². The number of allylic oxidation sites excluding steroid dienone is 2. The summed E-state index contributed by atoms with van der Waals surface area (Å²) in [7, 11) is 2.06. The molecule has 0 saturated heterocycles. The number of rotatable bonds is 1. The van der Waals surface area contributed by atoms with Gasteiger partial charge in [-0.3, -0.25) is 4.98 Å². The van der Waals surface area contributed by atoms with Crippen LogP contribution in [0, 0.1) is 0 Å². The largest absolute Gasteiger partial charge is 0.257 e. The van der Waals surface area contributed by atoms with Crippen LogP contribution in [-0.4, -0.2) is 12.3 Å². The molecule has 2 rings (SSSR count). The fraction of sp³-hybridized carbons (Fsp3) is 0. The van der Waals surface area contributed by atoms with Gasteiger partial charge < -0.3 is 0 Å². The van der Waals surface area contributed by atoms with Crippen molar-refractivity contribution in [2.24, 2.45) is 0 Å². The van der Waals surface area contributed by atoms with E-state index in [9.17, 15) is 0 Å². The molecule has 1 nitrogen and oxygen atoms in total. The van der Waals surface area contributed by atoms with Gasteiger partial charge in [-0.2, -0.15) is 0 Å². The summed E-state index contributed by atoms with van der Waals surface area (Å²) in [5.41, 5.74) is 2.23. The van der Waals surface area contributed by atoms with Crippen molar-refractivity contribution in [2.45, 2.75) is 0 Å². The smallest absolute Gasteiger partial charge is 0.184 e. The quantitative estimate of drug-likeness (QED) is 0.540. The molecular weight excluding hydrogens is 133 g/mol. The van der Waals surface area contributed by atoms with Gasteiger partial charge in [-0.1, -0.05) is 23.7 Å². The Morgan fingerprint density at radius 2 is 2.27 bits per heavy atom. The second-order valence-electron chi connectivity index (χ2n) is 2.39. The van der Waals surface area contributed by atoms with Gasteiger partial charge in [-0.05, 0) is 12.1 Å². The molecule has 0 fully saturated rings. The van der Waals surface area contributed by atoms with Gasteiger partial charge in [0.25, 0.3) is 0 Å². The Labute approximate surface area is 66.7 Å². The summed E-state index contributed by atoms with van der Waals surface area (Å²) >= 11 is 0. The molecule has 1 radical (unpaired) electrons. The molecule has 1 aliphatic heterocycles. The van der Waals surface area contributed by atoms with Crippen LogP contribution in [0.2, 0.25) is 0 Å². The summed E-state index contributed by atoms with van der Waals surface area (Å²) in [6, 6.07) is 5.93. The lowest BCUT2D eigenvalue weighted by Gasteiger charge is -1.97. The van der Waals surface area contributed by atoms with E-state index < -0.39 is 0 Å². The summed E-state index contributed by atoms with van der Waals surface area (Å²) in [5.74, 6) is 2.02. The standard InChI is InChI=1S/C9H7BN/c1-2-7-11-9(5-1)8-4-3-6-10-8/h1-7H. The molecule has 11 heavy (non-hydrogen) atoms. The van der Waals surface area contributed by atoms with E-state index >= 15 is 0 Å². The molecule has 0 unspecified atom stereocenters. The van der Waals surface area contributed by atoms with Gasteiger partial charge >= 0.3 is 0 Å². The minimum absolute atomic E-state index is 1.04. The molecule has 1 aromatic rings. The monoisotopic (exact) mass is 140 g/mol. The first kappa shape index (κ1) is 6.41. The summed E-state index contributed by atoms with van der Waals surface area (Å²) in [4.78, 5) is 4.22. The molecular formula is C9H7BN. The van der Waals surface area contributed by atoms with E-state index in [2.05, 4.69) is 18.3 Å². The van der Waals surface area contributed by atoms with Crippen LogP contribution in [-0.2, 0) is 0 Å². The zero-order chi connectivity index (χ0) is 7.52. The van der Waals surface area contributed by atoms with Crippen molar-refractivity contribution in [3.8, 4) is 0 Å². The molecule has 51 valence electrons. The highest BCUT2D eigenvalue weighted by Gasteiger charge is 2.03. The van der Waals surface area contributed by atoms with Crippen molar-refractivity contribution in [2.75, 3.05) is 0 Å². The number of nitrogens with zero attached hydrogens (tertiary/aromatic N) is 1. The van der Waals surface area contributed by atoms with Gasteiger partial charge in [-0.15, -0.1) is 5.98 Å². The molecule has 2 heterocycles. The van der Waals surface area contributed by atoms with Crippen LogP contribution >= 0.6 is 0 Å². The van der Waals surface area contributed by atoms with E-state index in [1.54, 1.807) is 0 Å². The number of hydrogen-bond donors (Lipinski definition) is 0. The molecule has 0 N–H and O–H groups in total. The van der Waals surface area contributed by atoms with Crippen molar-refractivity contribution in [3.05, 3.63) is 48.2 Å². The van der Waals surface area contributed by atoms with Crippen molar-refractivity contribution >= 4 is 12.8 Å². The Bertz CT molecular complexity index is 301. The lowest BCUT2D eigenvalue weighted by Crippen LogP contribution is -1.91. The van der Waals surface area contributed by atoms with Crippen LogP contribution in [0.4, 0.5) is 0 Å². The SMILES string of the molecule is [B]1C=CC=C1c1ccccn1. The first-order valence-electron chi connectivity index (χ1n) is 3.60. The zero-order valence-electron chi connectivity index (χ0n) is 6.07. The van der Waals surface area contributed by atoms with E-state index in [0.29, 0.717) is 0 Å². The zero-order valence-corrected chi connectivity index (χ0v) is 6.07. The van der Waals surface area contributed by atoms with Gasteiger partial charge in [0.2, 0.25) is 0 Å². The average Bonchev–Trinajstić information content (AvgIpc) is 2.58. The van der Waals surface area contributed by atoms with Crippen molar-refractivity contribution < 1.29 is 0 Å². The first-order valence-corrected chi connectivity index (χ1v) is 3.60. The van der Waals surface area contributed by atoms with Crippen LogP contribution in [0.3, 0.4) is 0 Å². The fourth-order valence-corrected chi connectivity index (χ4v) is 1.08. The number of pyridine rings is 1. The summed E-state index contributed by atoms with van der Waals surface area (Å²) in [6.07, 6.45) is 5.88. The molecule has 0 aromatic carbocycles. The Hall–Kier alpha value is -1.31. The molecule has 2 heteroatoms. The van der Waals surface area contributed by atoms with Crippen LogP contribution in [0.15, 0.2) is 42.5 Å². The molecule has 0 aliphatic carbocycles. The summed E-state index contributed by atoms with van der Waals surface area (Å²) < 4.78 is 0. The van der Waals surface area contributed by atoms with Gasteiger partial charge in [0.05, 0.1) is 5.69 Å². The van der Waals surface area contributed by atoms with Gasteiger partial charge in [-0.25, -0.2) is 0 Å². The minimum atomic E-state index is 1.04. The molecule has 0 atom stereocenters. The highest BCUT2D eigenvalue weighted by Crippen LogP contribution is 2.13. The molecule has 0 spiro atoms. The van der Waals surface area contributed by atoms with E-state index in [0.717, 1.165) is 5.69 Å². The second kappa shape index (κ2) is 2.75. The van der Waals surface area contributed by atoms with Crippen LogP contribution < -0.4 is 0 Å².